The quantitative estimate of drug-likeness (QED) is 0.0694. The average Bonchev–Trinajstić information content (AvgIpc) is 4.12. The van der Waals surface area contributed by atoms with Gasteiger partial charge in [-0.1, -0.05) is 64.3 Å². The third-order valence-electron chi connectivity index (χ3n) is 14.3. The highest BCUT2D eigenvalue weighted by Crippen LogP contribution is 2.33. The van der Waals surface area contributed by atoms with Gasteiger partial charge >= 0.3 is 0 Å². The van der Waals surface area contributed by atoms with Gasteiger partial charge in [-0.25, -0.2) is 15.0 Å². The first kappa shape index (κ1) is 50.5. The first-order valence-corrected chi connectivity index (χ1v) is 25.8. The summed E-state index contributed by atoms with van der Waals surface area (Å²) in [5.41, 5.74) is 7.25. The van der Waals surface area contributed by atoms with Gasteiger partial charge in [-0.3, -0.25) is 38.4 Å². The van der Waals surface area contributed by atoms with Gasteiger partial charge in [-0.05, 0) is 87.2 Å². The molecule has 1 aliphatic carbocycles. The molecular weight excluding hydrogens is 905 g/mol. The fraction of sp³-hybridized carbons (Fsp3) is 0.528. The van der Waals surface area contributed by atoms with Crippen molar-refractivity contribution in [3.8, 4) is 10.4 Å². The minimum Gasteiger partial charge on any atom is -0.391 e. The number of pyridine rings is 2. The number of β-amino-alcohol motifs (C(OH)–C–C–N with tert-alkyl or cyclic N) is 1. The van der Waals surface area contributed by atoms with Crippen LogP contribution in [0.15, 0.2) is 59.1 Å². The van der Waals surface area contributed by atoms with Crippen LogP contribution >= 0.6 is 11.3 Å². The van der Waals surface area contributed by atoms with E-state index in [2.05, 4.69) is 36.5 Å². The van der Waals surface area contributed by atoms with Gasteiger partial charge in [0, 0.05) is 75.4 Å². The summed E-state index contributed by atoms with van der Waals surface area (Å²) in [5, 5.41) is 17.3. The zero-order valence-corrected chi connectivity index (χ0v) is 42.3. The summed E-state index contributed by atoms with van der Waals surface area (Å²) >= 11 is 1.58. The van der Waals surface area contributed by atoms with E-state index in [1.54, 1.807) is 29.0 Å². The van der Waals surface area contributed by atoms with Crippen LogP contribution < -0.4 is 21.1 Å². The molecule has 1 aromatic carbocycles. The molecule has 17 heteroatoms. The van der Waals surface area contributed by atoms with Crippen LogP contribution in [0.2, 0.25) is 0 Å². The number of unbranched alkanes of at least 4 members (excludes halogenated alkanes) is 2. The monoisotopic (exact) mass is 973 g/mol. The number of Topliss-reactive ketones (excluding diaryl/α,β-unsaturated/α-hetero) is 1. The van der Waals surface area contributed by atoms with Crippen LogP contribution in [0.4, 0.5) is 5.69 Å². The van der Waals surface area contributed by atoms with Crippen LogP contribution in [0, 0.1) is 19.3 Å². The Morgan fingerprint density at radius 2 is 1.66 bits per heavy atom. The molecule has 0 bridgehead atoms. The van der Waals surface area contributed by atoms with E-state index in [4.69, 9.17) is 9.97 Å². The minimum atomic E-state index is -0.860. The third kappa shape index (κ3) is 11.6. The van der Waals surface area contributed by atoms with E-state index in [0.29, 0.717) is 36.3 Å². The summed E-state index contributed by atoms with van der Waals surface area (Å²) in [6, 6.07) is 10.4. The number of aliphatic hydroxyl groups is 1. The number of carbonyl (C=O) groups is 4. The molecule has 70 heavy (non-hydrogen) atoms. The second-order valence-electron chi connectivity index (χ2n) is 20.5. The van der Waals surface area contributed by atoms with Gasteiger partial charge in [-0.15, -0.1) is 11.3 Å². The average molecular weight is 973 g/mol. The van der Waals surface area contributed by atoms with Crippen molar-refractivity contribution in [2.45, 2.75) is 137 Å². The Hall–Kier alpha value is -5.91. The Balaban J connectivity index is 0.764. The van der Waals surface area contributed by atoms with Crippen LogP contribution in [-0.2, 0) is 27.3 Å². The second kappa shape index (κ2) is 22.0. The van der Waals surface area contributed by atoms with Gasteiger partial charge in [0.05, 0.1) is 46.1 Å². The summed E-state index contributed by atoms with van der Waals surface area (Å²) in [6.45, 7) is 15.7. The summed E-state index contributed by atoms with van der Waals surface area (Å²) < 4.78 is 1.75. The summed E-state index contributed by atoms with van der Waals surface area (Å²) in [5.74, 6) is -0.548. The van der Waals surface area contributed by atoms with Crippen molar-refractivity contribution < 1.29 is 24.3 Å². The first-order valence-electron chi connectivity index (χ1n) is 24.9. The van der Waals surface area contributed by atoms with E-state index in [9.17, 15) is 29.1 Å². The molecule has 8 rings (SSSR count). The standard InChI is InChI=1S/C53H68N10O6S/c1-33-42-30-55-44(58-49(42)63(39-12-9-10-13-39)51(68)46(33)35(3)64)26-38-19-20-40(29-54-38)61-24-22-60(23-25-61)21-11-7-8-14-45(66)59-48(53(4,5)6)52(69)62-31-41(65)27-43(62)50(67)56-28-36-15-17-37(18-16-36)47-34(2)57-32-70-47/h15-20,29-30,32,39,41,43,48,65H,7-14,21-28,31H2,1-6H3,(H,56,67)(H,59,66)/t41-,43+,48-/m1/s1. The van der Waals surface area contributed by atoms with Crippen molar-refractivity contribution in [3.63, 3.8) is 0 Å². The maximum atomic E-state index is 14.1. The lowest BCUT2D eigenvalue weighted by atomic mass is 9.85. The predicted molar refractivity (Wildman–Crippen MR) is 272 cm³/mol. The van der Waals surface area contributed by atoms with E-state index < -0.39 is 23.6 Å². The molecule has 1 saturated carbocycles. The van der Waals surface area contributed by atoms with Gasteiger partial charge < -0.3 is 25.5 Å². The number of rotatable bonds is 17. The van der Waals surface area contributed by atoms with Crippen LogP contribution in [0.25, 0.3) is 21.5 Å². The topological polar surface area (TPSA) is 196 Å². The zero-order valence-electron chi connectivity index (χ0n) is 41.5. The number of nitrogens with one attached hydrogen (secondary N) is 2. The van der Waals surface area contributed by atoms with Crippen molar-refractivity contribution in [2.75, 3.05) is 44.2 Å². The van der Waals surface area contributed by atoms with Gasteiger partial charge in [0.2, 0.25) is 17.7 Å². The van der Waals surface area contributed by atoms with Crippen molar-refractivity contribution in [1.82, 2.24) is 44.9 Å². The number of piperazine rings is 1. The molecule has 3 amide bonds. The molecule has 16 nitrogen and oxygen atoms in total. The number of hydrogen-bond acceptors (Lipinski definition) is 13. The highest BCUT2D eigenvalue weighted by molar-refractivity contribution is 7.13. The summed E-state index contributed by atoms with van der Waals surface area (Å²) in [6.07, 6.45) is 10.1. The Kier molecular flexibility index (Phi) is 15.9. The smallest absolute Gasteiger partial charge is 0.263 e. The number of aromatic nitrogens is 5. The van der Waals surface area contributed by atoms with E-state index in [1.165, 1.54) is 11.8 Å². The van der Waals surface area contributed by atoms with Gasteiger partial charge in [0.25, 0.3) is 5.56 Å². The molecule has 372 valence electrons. The van der Waals surface area contributed by atoms with Gasteiger partial charge in [0.15, 0.2) is 5.78 Å². The van der Waals surface area contributed by atoms with E-state index >= 15 is 0 Å². The number of aliphatic hydroxyl groups excluding tert-OH is 1. The molecule has 0 spiro atoms. The Bertz CT molecular complexity index is 2740. The molecule has 2 saturated heterocycles. The molecule has 4 aromatic heterocycles. The van der Waals surface area contributed by atoms with Crippen molar-refractivity contribution in [2.24, 2.45) is 5.41 Å². The van der Waals surface area contributed by atoms with E-state index in [0.717, 1.165) is 110 Å². The van der Waals surface area contributed by atoms with Crippen molar-refractivity contribution in [3.05, 3.63) is 98.6 Å². The number of fused-ring (bicyclic) bond motifs is 1. The van der Waals surface area contributed by atoms with Gasteiger partial charge in [-0.2, -0.15) is 0 Å². The Morgan fingerprint density at radius 1 is 0.914 bits per heavy atom. The Labute approximate surface area is 414 Å². The Morgan fingerprint density at radius 3 is 2.31 bits per heavy atom. The van der Waals surface area contributed by atoms with Crippen molar-refractivity contribution in [1.29, 1.82) is 0 Å². The number of nitrogens with zero attached hydrogens (tertiary/aromatic N) is 8. The maximum absolute atomic E-state index is 14.1. The van der Waals surface area contributed by atoms with Crippen LogP contribution in [-0.4, -0.2) is 120 Å². The summed E-state index contributed by atoms with van der Waals surface area (Å²) in [4.78, 5) is 93.0. The molecule has 0 unspecified atom stereocenters. The van der Waals surface area contributed by atoms with Crippen LogP contribution in [0.1, 0.15) is 130 Å². The predicted octanol–water partition coefficient (Wildman–Crippen LogP) is 6.33. The highest BCUT2D eigenvalue weighted by Gasteiger charge is 2.44. The fourth-order valence-electron chi connectivity index (χ4n) is 10.3. The number of aryl methyl sites for hydroxylation is 2. The fourth-order valence-corrected chi connectivity index (χ4v) is 11.1. The lowest BCUT2D eigenvalue weighted by Crippen LogP contribution is -2.57. The SMILES string of the molecule is CC(=O)c1c(C)c2cnc(Cc3ccc(N4CCN(CCCCCC(=O)N[C@H](C(=O)N5C[C@H](O)C[C@H]5C(=O)NCc5ccc(-c6scnc6C)cc5)C(C)(C)C)CC4)cn3)nc2n(C2CCCC2)c1=O. The molecule has 3 aliphatic rings. The van der Waals surface area contributed by atoms with E-state index in [-0.39, 0.29) is 60.2 Å². The number of anilines is 1. The number of thiazole rings is 1. The molecular formula is C53H68N10O6S. The molecule has 2 aliphatic heterocycles. The van der Waals surface area contributed by atoms with Crippen molar-refractivity contribution >= 4 is 51.6 Å². The number of carbonyl (C=O) groups excluding carboxylic acids is 4. The first-order chi connectivity index (χ1) is 33.5. The second-order valence-corrected chi connectivity index (χ2v) is 21.3. The summed E-state index contributed by atoms with van der Waals surface area (Å²) in [7, 11) is 0. The normalized spacial score (nSPS) is 18.4. The van der Waals surface area contributed by atoms with Gasteiger partial charge in [0.1, 0.15) is 23.6 Å². The number of ketones is 1. The lowest BCUT2D eigenvalue weighted by molar-refractivity contribution is -0.144. The maximum Gasteiger partial charge on any atom is 0.263 e. The zero-order chi connectivity index (χ0) is 49.7. The molecule has 3 fully saturated rings. The lowest BCUT2D eigenvalue weighted by Gasteiger charge is -2.36. The largest absolute Gasteiger partial charge is 0.391 e. The molecule has 6 heterocycles. The van der Waals surface area contributed by atoms with Crippen LogP contribution in [0.3, 0.4) is 0 Å². The van der Waals surface area contributed by atoms with Crippen LogP contribution in [0.5, 0.6) is 0 Å². The molecule has 5 aromatic rings. The molecule has 3 atom stereocenters. The third-order valence-corrected chi connectivity index (χ3v) is 15.3. The minimum absolute atomic E-state index is 0.0257. The van der Waals surface area contributed by atoms with E-state index in [1.807, 2.05) is 69.7 Å². The number of likely N-dealkylation sites (tertiary alicyclic amines) is 1. The molecule has 0 radical (unpaired) electrons. The number of amides is 3. The number of benzene rings is 1. The molecule has 3 N–H and O–H groups in total. The highest BCUT2D eigenvalue weighted by atomic mass is 32.1. The number of hydrogen-bond donors (Lipinski definition) is 3.